The maximum Gasteiger partial charge on any atom is 0.106 e. The maximum absolute atomic E-state index is 8.00. The molecule has 1 aliphatic rings. The Balaban J connectivity index is -0.000000258. The normalized spacial score (nSPS) is 16.2. The predicted molar refractivity (Wildman–Crippen MR) is 58.8 cm³/mol. The van der Waals surface area contributed by atoms with Gasteiger partial charge in [0.15, 0.2) is 0 Å². The van der Waals surface area contributed by atoms with Crippen LogP contribution in [-0.4, -0.2) is 13.6 Å². The first kappa shape index (κ1) is 20.0. The molecule has 0 spiro atoms. The Morgan fingerprint density at radius 1 is 1.00 bits per heavy atom. The van der Waals surface area contributed by atoms with Gasteiger partial charge >= 0.3 is 0 Å². The number of hydrogen-bond acceptors (Lipinski definition) is 2. The molecule has 0 amide bonds. The number of allylic oxidation sites excluding steroid dienone is 4. The summed E-state index contributed by atoms with van der Waals surface area (Å²) in [5, 5.41) is 0. The van der Waals surface area contributed by atoms with Crippen molar-refractivity contribution in [2.24, 2.45) is 5.41 Å². The van der Waals surface area contributed by atoms with Crippen LogP contribution in [0.2, 0.25) is 0 Å². The fourth-order valence-corrected chi connectivity index (χ4v) is 1.41. The van der Waals surface area contributed by atoms with Gasteiger partial charge in [-0.1, -0.05) is 33.1 Å². The van der Waals surface area contributed by atoms with Crippen LogP contribution in [0.4, 0.5) is 0 Å². The van der Waals surface area contributed by atoms with Gasteiger partial charge in [-0.3, -0.25) is 6.08 Å². The molecule has 90 valence electrons. The van der Waals surface area contributed by atoms with Gasteiger partial charge in [-0.2, -0.15) is 11.1 Å². The van der Waals surface area contributed by atoms with Gasteiger partial charge < -0.3 is 9.59 Å². The summed E-state index contributed by atoms with van der Waals surface area (Å²) < 4.78 is 0. The molecule has 0 heterocycles. The van der Waals surface area contributed by atoms with Crippen molar-refractivity contribution in [1.82, 2.24) is 0 Å². The summed E-state index contributed by atoms with van der Waals surface area (Å²) in [7, 11) is 0. The molecule has 0 radical (unpaired) electrons. The Morgan fingerprint density at radius 3 is 1.40 bits per heavy atom. The van der Waals surface area contributed by atoms with E-state index < -0.39 is 0 Å². The Labute approximate surface area is 107 Å². The standard InChI is InChI=1S/C10H15.2CH2O.Pt/c1-7-6-10(4,5)9(3)8(7)2;2*1-2;/h1-5H3;2*1H2;/q-1;;;. The topological polar surface area (TPSA) is 34.1 Å². The number of rotatable bonds is 0. The third kappa shape index (κ3) is 5.22. The molecule has 0 unspecified atom stereocenters. The van der Waals surface area contributed by atoms with Gasteiger partial charge in [0, 0.05) is 21.1 Å². The van der Waals surface area contributed by atoms with E-state index in [9.17, 15) is 0 Å². The summed E-state index contributed by atoms with van der Waals surface area (Å²) in [5.74, 6) is 0. The van der Waals surface area contributed by atoms with Crippen molar-refractivity contribution in [2.75, 3.05) is 0 Å². The van der Waals surface area contributed by atoms with Crippen molar-refractivity contribution < 1.29 is 30.7 Å². The second-order valence-electron chi connectivity index (χ2n) is 3.62. The molecule has 0 saturated carbocycles. The first-order valence-corrected chi connectivity index (χ1v) is 4.33. The molecule has 0 atom stereocenters. The molecule has 1 aliphatic carbocycles. The Bertz CT molecular complexity index is 250. The van der Waals surface area contributed by atoms with Crippen molar-refractivity contribution in [3.05, 3.63) is 22.8 Å². The smallest absolute Gasteiger partial charge is 0.106 e. The van der Waals surface area contributed by atoms with Crippen LogP contribution in [0.15, 0.2) is 16.7 Å². The molecule has 0 fully saturated rings. The summed E-state index contributed by atoms with van der Waals surface area (Å²) in [6.07, 6.45) is 3.44. The number of carbonyl (C=O) groups is 2. The summed E-state index contributed by atoms with van der Waals surface area (Å²) in [6, 6.07) is 0. The van der Waals surface area contributed by atoms with Crippen LogP contribution in [0.3, 0.4) is 0 Å². The largest absolute Gasteiger partial charge is 0.307 e. The van der Waals surface area contributed by atoms with E-state index in [2.05, 4.69) is 40.7 Å². The zero-order chi connectivity index (χ0) is 11.9. The molecule has 0 N–H and O–H groups in total. The van der Waals surface area contributed by atoms with Crippen molar-refractivity contribution in [3.8, 4) is 0 Å². The van der Waals surface area contributed by atoms with Gasteiger partial charge in [0.05, 0.1) is 0 Å². The quantitative estimate of drug-likeness (QED) is 0.596. The molecular formula is C12H19O2Pt-. The Hall–Kier alpha value is -0.492. The zero-order valence-corrected chi connectivity index (χ0v) is 12.3. The van der Waals surface area contributed by atoms with Crippen LogP contribution in [0, 0.1) is 11.5 Å². The van der Waals surface area contributed by atoms with E-state index >= 15 is 0 Å². The van der Waals surface area contributed by atoms with E-state index in [0.717, 1.165) is 0 Å². The SMILES string of the molecule is C=O.C=O.CC1=[C-]C(C)(C)C(C)=C1C.[Pt]. The molecule has 1 rings (SSSR count). The second-order valence-corrected chi connectivity index (χ2v) is 3.62. The zero-order valence-electron chi connectivity index (χ0n) is 10.0. The van der Waals surface area contributed by atoms with Crippen LogP contribution in [0.1, 0.15) is 34.6 Å². The fraction of sp³-hybridized carbons (Fsp3) is 0.500. The van der Waals surface area contributed by atoms with Gasteiger partial charge in [-0.15, -0.1) is 6.92 Å². The fourth-order valence-electron chi connectivity index (χ4n) is 1.41. The van der Waals surface area contributed by atoms with E-state index in [1.807, 2.05) is 13.6 Å². The second kappa shape index (κ2) is 8.79. The minimum atomic E-state index is 0. The Morgan fingerprint density at radius 2 is 1.33 bits per heavy atom. The summed E-state index contributed by atoms with van der Waals surface area (Å²) in [6.45, 7) is 14.9. The molecule has 0 aromatic carbocycles. The molecule has 0 aromatic heterocycles. The van der Waals surface area contributed by atoms with Gasteiger partial charge in [-0.25, -0.2) is 5.57 Å². The van der Waals surface area contributed by atoms with Gasteiger partial charge in [0.2, 0.25) is 0 Å². The van der Waals surface area contributed by atoms with E-state index in [1.165, 1.54) is 16.7 Å². The first-order chi connectivity index (χ1) is 6.45. The average molecular weight is 390 g/mol. The van der Waals surface area contributed by atoms with Crippen molar-refractivity contribution in [1.29, 1.82) is 0 Å². The van der Waals surface area contributed by atoms with Crippen molar-refractivity contribution >= 4 is 13.6 Å². The van der Waals surface area contributed by atoms with Crippen LogP contribution in [0.25, 0.3) is 0 Å². The minimum Gasteiger partial charge on any atom is -0.307 e. The third-order valence-electron chi connectivity index (χ3n) is 2.56. The summed E-state index contributed by atoms with van der Waals surface area (Å²) >= 11 is 0. The summed E-state index contributed by atoms with van der Waals surface area (Å²) in [5.41, 5.74) is 4.39. The predicted octanol–water partition coefficient (Wildman–Crippen LogP) is 2.74. The van der Waals surface area contributed by atoms with Gasteiger partial charge in [-0.05, 0) is 0 Å². The van der Waals surface area contributed by atoms with Gasteiger partial charge in [0.1, 0.15) is 13.6 Å². The van der Waals surface area contributed by atoms with Crippen molar-refractivity contribution in [2.45, 2.75) is 34.6 Å². The van der Waals surface area contributed by atoms with E-state index in [-0.39, 0.29) is 26.5 Å². The van der Waals surface area contributed by atoms with E-state index in [1.54, 1.807) is 0 Å². The minimum absolute atomic E-state index is 0. The monoisotopic (exact) mass is 390 g/mol. The molecular weight excluding hydrogens is 371 g/mol. The molecule has 0 aliphatic heterocycles. The third-order valence-corrected chi connectivity index (χ3v) is 2.56. The molecule has 3 heteroatoms. The molecule has 2 nitrogen and oxygen atoms in total. The van der Waals surface area contributed by atoms with Gasteiger partial charge in [0.25, 0.3) is 0 Å². The first-order valence-electron chi connectivity index (χ1n) is 4.33. The van der Waals surface area contributed by atoms with Crippen LogP contribution in [0.5, 0.6) is 0 Å². The molecule has 0 saturated heterocycles. The maximum atomic E-state index is 8.00. The van der Waals surface area contributed by atoms with E-state index in [0.29, 0.717) is 0 Å². The van der Waals surface area contributed by atoms with Crippen LogP contribution in [-0.2, 0) is 30.7 Å². The van der Waals surface area contributed by atoms with E-state index in [4.69, 9.17) is 9.59 Å². The number of carbonyl (C=O) groups excluding carboxylic acids is 2. The van der Waals surface area contributed by atoms with Crippen LogP contribution >= 0.6 is 0 Å². The summed E-state index contributed by atoms with van der Waals surface area (Å²) in [4.78, 5) is 16.0. The molecule has 0 bridgehead atoms. The number of hydrogen-bond donors (Lipinski definition) is 0. The molecule has 15 heavy (non-hydrogen) atoms. The molecule has 0 aromatic rings. The van der Waals surface area contributed by atoms with Crippen molar-refractivity contribution in [3.63, 3.8) is 0 Å². The van der Waals surface area contributed by atoms with Crippen LogP contribution < -0.4 is 0 Å². The Kier molecular flexibility index (Phi) is 11.7. The average Bonchev–Trinajstić information content (AvgIpc) is 2.36.